The van der Waals surface area contributed by atoms with E-state index >= 15 is 0 Å². The third-order valence-corrected chi connectivity index (χ3v) is 2.74. The third kappa shape index (κ3) is 4.44. The summed E-state index contributed by atoms with van der Waals surface area (Å²) in [6.45, 7) is 5.44. The van der Waals surface area contributed by atoms with E-state index in [0.717, 1.165) is 0 Å². The van der Waals surface area contributed by atoms with Crippen molar-refractivity contribution in [1.82, 2.24) is 0 Å². The topological polar surface area (TPSA) is 78.9 Å². The molecule has 1 fully saturated rings. The lowest BCUT2D eigenvalue weighted by molar-refractivity contribution is -0.160. The van der Waals surface area contributed by atoms with Crippen molar-refractivity contribution >= 4 is 17.7 Å². The predicted molar refractivity (Wildman–Crippen MR) is 60.7 cm³/mol. The smallest absolute Gasteiger partial charge is 0.377 e. The number of cyclic esters (lactones) is 1. The van der Waals surface area contributed by atoms with Crippen molar-refractivity contribution in [3.05, 3.63) is 0 Å². The molecule has 1 rings (SSSR count). The summed E-state index contributed by atoms with van der Waals surface area (Å²) >= 11 is 0. The van der Waals surface area contributed by atoms with Gasteiger partial charge in [-0.25, -0.2) is 4.79 Å². The molecule has 2 atom stereocenters. The lowest BCUT2D eigenvalue weighted by Gasteiger charge is -2.15. The number of Topliss-reactive ketones (excluding diaryl/α,β-unsaturated/α-hetero) is 1. The SMILES string of the molecule is CC(C)C(C)OCC(=O)C(=O)OC1COC(=O)C1. The Balaban J connectivity index is 2.29. The van der Waals surface area contributed by atoms with Gasteiger partial charge in [0.05, 0.1) is 12.5 Å². The Morgan fingerprint density at radius 3 is 2.56 bits per heavy atom. The summed E-state index contributed by atoms with van der Waals surface area (Å²) in [5, 5.41) is 0. The molecule has 1 aliphatic heterocycles. The fourth-order valence-electron chi connectivity index (χ4n) is 1.24. The van der Waals surface area contributed by atoms with Gasteiger partial charge in [0.2, 0.25) is 0 Å². The molecule has 0 bridgehead atoms. The van der Waals surface area contributed by atoms with Gasteiger partial charge in [0, 0.05) is 0 Å². The number of hydrogen-bond acceptors (Lipinski definition) is 6. The number of esters is 2. The minimum absolute atomic E-state index is 0.00226. The Hall–Kier alpha value is -1.43. The van der Waals surface area contributed by atoms with Crippen LogP contribution in [0.1, 0.15) is 27.2 Å². The van der Waals surface area contributed by atoms with Gasteiger partial charge in [-0.1, -0.05) is 13.8 Å². The molecule has 0 spiro atoms. The Morgan fingerprint density at radius 2 is 2.06 bits per heavy atom. The average Bonchev–Trinajstić information content (AvgIpc) is 2.70. The molecule has 18 heavy (non-hydrogen) atoms. The van der Waals surface area contributed by atoms with Gasteiger partial charge in [-0.2, -0.15) is 0 Å². The molecule has 0 aromatic heterocycles. The van der Waals surface area contributed by atoms with Gasteiger partial charge in [-0.15, -0.1) is 0 Å². The first-order valence-corrected chi connectivity index (χ1v) is 5.91. The Morgan fingerprint density at radius 1 is 1.39 bits per heavy atom. The molecule has 0 radical (unpaired) electrons. The zero-order chi connectivity index (χ0) is 13.7. The van der Waals surface area contributed by atoms with E-state index in [9.17, 15) is 14.4 Å². The van der Waals surface area contributed by atoms with Gasteiger partial charge in [0.25, 0.3) is 5.78 Å². The number of rotatable bonds is 6. The normalized spacial score (nSPS) is 20.7. The highest BCUT2D eigenvalue weighted by molar-refractivity contribution is 6.34. The van der Waals surface area contributed by atoms with Crippen molar-refractivity contribution in [2.75, 3.05) is 13.2 Å². The molecule has 0 amide bonds. The van der Waals surface area contributed by atoms with E-state index in [1.54, 1.807) is 0 Å². The largest absolute Gasteiger partial charge is 0.462 e. The highest BCUT2D eigenvalue weighted by atomic mass is 16.6. The second-order valence-electron chi connectivity index (χ2n) is 4.60. The monoisotopic (exact) mass is 258 g/mol. The van der Waals surface area contributed by atoms with Crippen LogP contribution in [0.25, 0.3) is 0 Å². The van der Waals surface area contributed by atoms with E-state index in [-0.39, 0.29) is 31.7 Å². The zero-order valence-corrected chi connectivity index (χ0v) is 10.8. The quantitative estimate of drug-likeness (QED) is 0.509. The van der Waals surface area contributed by atoms with Crippen molar-refractivity contribution in [1.29, 1.82) is 0 Å². The van der Waals surface area contributed by atoms with Crippen LogP contribution in [0.5, 0.6) is 0 Å². The van der Waals surface area contributed by atoms with Crippen molar-refractivity contribution in [2.24, 2.45) is 5.92 Å². The number of hydrogen-bond donors (Lipinski definition) is 0. The second kappa shape index (κ2) is 6.49. The predicted octanol–water partition coefficient (Wildman–Crippen LogP) is 0.475. The van der Waals surface area contributed by atoms with Gasteiger partial charge < -0.3 is 14.2 Å². The molecule has 0 aromatic carbocycles. The highest BCUT2D eigenvalue weighted by Gasteiger charge is 2.29. The van der Waals surface area contributed by atoms with Crippen molar-refractivity contribution in [3.63, 3.8) is 0 Å². The highest BCUT2D eigenvalue weighted by Crippen LogP contribution is 2.10. The number of ether oxygens (including phenoxy) is 3. The van der Waals surface area contributed by atoms with E-state index in [0.29, 0.717) is 0 Å². The third-order valence-electron chi connectivity index (χ3n) is 2.74. The van der Waals surface area contributed by atoms with Gasteiger partial charge in [0.1, 0.15) is 19.3 Å². The van der Waals surface area contributed by atoms with E-state index < -0.39 is 23.8 Å². The lowest BCUT2D eigenvalue weighted by Crippen LogP contribution is -2.29. The maximum absolute atomic E-state index is 11.4. The molecule has 0 aromatic rings. The molecule has 6 heteroatoms. The van der Waals surface area contributed by atoms with Crippen molar-refractivity contribution < 1.29 is 28.6 Å². The molecule has 0 aliphatic carbocycles. The maximum Gasteiger partial charge on any atom is 0.377 e. The summed E-state index contributed by atoms with van der Waals surface area (Å²) in [4.78, 5) is 33.6. The van der Waals surface area contributed by atoms with Crippen molar-refractivity contribution in [3.8, 4) is 0 Å². The van der Waals surface area contributed by atoms with Gasteiger partial charge >= 0.3 is 11.9 Å². The summed E-state index contributed by atoms with van der Waals surface area (Å²) in [5.74, 6) is -1.89. The molecule has 2 unspecified atom stereocenters. The van der Waals surface area contributed by atoms with Crippen LogP contribution in [0.15, 0.2) is 0 Å². The lowest BCUT2D eigenvalue weighted by atomic mass is 10.1. The molecule has 6 nitrogen and oxygen atoms in total. The Bertz CT molecular complexity index is 335. The summed E-state index contributed by atoms with van der Waals surface area (Å²) in [5.41, 5.74) is 0. The van der Waals surface area contributed by atoms with Crippen LogP contribution in [-0.4, -0.2) is 43.1 Å². The first-order valence-electron chi connectivity index (χ1n) is 5.91. The summed E-state index contributed by atoms with van der Waals surface area (Å²) in [6, 6.07) is 0. The second-order valence-corrected chi connectivity index (χ2v) is 4.60. The summed E-state index contributed by atoms with van der Waals surface area (Å²) in [6.07, 6.45) is -0.767. The minimum Gasteiger partial charge on any atom is -0.462 e. The van der Waals surface area contributed by atoms with E-state index in [1.807, 2.05) is 20.8 Å². The standard InChI is InChI=1S/C12H18O6/c1-7(2)8(3)16-6-10(13)12(15)18-9-4-11(14)17-5-9/h7-9H,4-6H2,1-3H3. The zero-order valence-electron chi connectivity index (χ0n) is 10.8. The van der Waals surface area contributed by atoms with Crippen LogP contribution in [0.3, 0.4) is 0 Å². The molecule has 1 aliphatic rings. The van der Waals surface area contributed by atoms with Crippen LogP contribution in [0, 0.1) is 5.92 Å². The minimum atomic E-state index is -0.978. The van der Waals surface area contributed by atoms with Crippen LogP contribution < -0.4 is 0 Å². The molecular formula is C12H18O6. The fraction of sp³-hybridized carbons (Fsp3) is 0.750. The number of carbonyl (C=O) groups is 3. The number of ketones is 1. The summed E-state index contributed by atoms with van der Waals surface area (Å²) in [7, 11) is 0. The van der Waals surface area contributed by atoms with E-state index in [1.165, 1.54) is 0 Å². The van der Waals surface area contributed by atoms with Crippen molar-refractivity contribution in [2.45, 2.75) is 39.4 Å². The first kappa shape index (κ1) is 14.6. The Labute approximate surface area is 106 Å². The molecule has 0 N–H and O–H groups in total. The molecule has 1 saturated heterocycles. The van der Waals surface area contributed by atoms with Gasteiger partial charge in [0.15, 0.2) is 0 Å². The Kier molecular flexibility index (Phi) is 5.27. The fourth-order valence-corrected chi connectivity index (χ4v) is 1.24. The van der Waals surface area contributed by atoms with Crippen LogP contribution in [0.2, 0.25) is 0 Å². The van der Waals surface area contributed by atoms with Crippen LogP contribution in [-0.2, 0) is 28.6 Å². The van der Waals surface area contributed by atoms with Crippen LogP contribution in [0.4, 0.5) is 0 Å². The van der Waals surface area contributed by atoms with E-state index in [2.05, 4.69) is 4.74 Å². The molecule has 102 valence electrons. The van der Waals surface area contributed by atoms with Gasteiger partial charge in [-0.05, 0) is 12.8 Å². The maximum atomic E-state index is 11.4. The molecular weight excluding hydrogens is 240 g/mol. The first-order chi connectivity index (χ1) is 8.40. The van der Waals surface area contributed by atoms with Crippen LogP contribution >= 0.6 is 0 Å². The average molecular weight is 258 g/mol. The summed E-state index contributed by atoms with van der Waals surface area (Å²) < 4.78 is 14.7. The van der Waals surface area contributed by atoms with Gasteiger partial charge in [-0.3, -0.25) is 9.59 Å². The van der Waals surface area contributed by atoms with E-state index in [4.69, 9.17) is 9.47 Å². The molecule has 1 heterocycles. The number of carbonyl (C=O) groups excluding carboxylic acids is 3. The molecule has 0 saturated carbocycles.